The standard InChI is InChI=1S/C29H34N4O3/c1-20(2)22-12-10-21(11-13-22)19-30-28(34)23-14-15-26(33-16-6-7-17-33)25(18-23)32-29(35)31-24-8-4-5-9-27(24)36-3/h4-5,8-15,18,20H,6-7,16-17,19H2,1-3H3,(H,30,34)(H2,31,32,35). The Morgan fingerprint density at radius 2 is 1.61 bits per heavy atom. The van der Waals surface area contributed by atoms with Crippen LogP contribution in [-0.4, -0.2) is 32.1 Å². The fraction of sp³-hybridized carbons (Fsp3) is 0.310. The number of nitrogens with zero attached hydrogens (tertiary/aromatic N) is 1. The zero-order chi connectivity index (χ0) is 25.5. The smallest absolute Gasteiger partial charge is 0.323 e. The van der Waals surface area contributed by atoms with E-state index in [0.717, 1.165) is 37.2 Å². The Labute approximate surface area is 212 Å². The first-order valence-corrected chi connectivity index (χ1v) is 12.4. The van der Waals surface area contributed by atoms with Gasteiger partial charge in [-0.25, -0.2) is 4.79 Å². The molecule has 0 atom stereocenters. The number of rotatable bonds is 8. The van der Waals surface area contributed by atoms with E-state index in [4.69, 9.17) is 4.74 Å². The second kappa shape index (κ2) is 11.6. The number of carbonyl (C=O) groups excluding carboxylic acids is 2. The number of methoxy groups -OCH3 is 1. The fourth-order valence-corrected chi connectivity index (χ4v) is 4.34. The summed E-state index contributed by atoms with van der Waals surface area (Å²) in [6, 6.07) is 20.6. The van der Waals surface area contributed by atoms with E-state index in [2.05, 4.69) is 46.8 Å². The van der Waals surface area contributed by atoms with Crippen LogP contribution in [0.15, 0.2) is 66.7 Å². The Morgan fingerprint density at radius 1 is 0.917 bits per heavy atom. The van der Waals surface area contributed by atoms with Gasteiger partial charge >= 0.3 is 6.03 Å². The van der Waals surface area contributed by atoms with Crippen molar-refractivity contribution in [3.05, 3.63) is 83.4 Å². The van der Waals surface area contributed by atoms with Crippen LogP contribution < -0.4 is 25.6 Å². The number of hydrogen-bond acceptors (Lipinski definition) is 4. The third-order valence-electron chi connectivity index (χ3n) is 6.41. The molecule has 7 heteroatoms. The van der Waals surface area contributed by atoms with Gasteiger partial charge in [0.25, 0.3) is 5.91 Å². The van der Waals surface area contributed by atoms with Crippen LogP contribution in [0.1, 0.15) is 54.1 Å². The first kappa shape index (κ1) is 25.1. The molecule has 0 saturated carbocycles. The Kier molecular flexibility index (Phi) is 8.10. The Morgan fingerprint density at radius 3 is 2.31 bits per heavy atom. The molecule has 0 spiro atoms. The van der Waals surface area contributed by atoms with Crippen LogP contribution in [0.4, 0.5) is 21.9 Å². The highest BCUT2D eigenvalue weighted by Crippen LogP contribution is 2.31. The molecule has 0 unspecified atom stereocenters. The minimum absolute atomic E-state index is 0.191. The number of hydrogen-bond donors (Lipinski definition) is 3. The topological polar surface area (TPSA) is 82.7 Å². The van der Waals surface area contributed by atoms with Crippen LogP contribution in [0.2, 0.25) is 0 Å². The van der Waals surface area contributed by atoms with Crippen LogP contribution in [0.5, 0.6) is 5.75 Å². The van der Waals surface area contributed by atoms with Crippen molar-refractivity contribution >= 4 is 29.0 Å². The average Bonchev–Trinajstić information content (AvgIpc) is 3.42. The molecule has 3 aromatic rings. The van der Waals surface area contributed by atoms with E-state index < -0.39 is 6.03 Å². The molecule has 3 N–H and O–H groups in total. The molecule has 188 valence electrons. The zero-order valence-corrected chi connectivity index (χ0v) is 21.1. The maximum Gasteiger partial charge on any atom is 0.323 e. The summed E-state index contributed by atoms with van der Waals surface area (Å²) in [5.41, 5.74) is 4.87. The van der Waals surface area contributed by atoms with Gasteiger partial charge in [-0.1, -0.05) is 50.2 Å². The summed E-state index contributed by atoms with van der Waals surface area (Å²) in [4.78, 5) is 28.1. The van der Waals surface area contributed by atoms with E-state index in [0.29, 0.717) is 35.2 Å². The third kappa shape index (κ3) is 6.16. The monoisotopic (exact) mass is 486 g/mol. The van der Waals surface area contributed by atoms with Crippen molar-refractivity contribution < 1.29 is 14.3 Å². The Balaban J connectivity index is 1.49. The van der Waals surface area contributed by atoms with E-state index >= 15 is 0 Å². The number of nitrogens with one attached hydrogen (secondary N) is 3. The summed E-state index contributed by atoms with van der Waals surface area (Å²) in [6.07, 6.45) is 2.20. The molecular formula is C29H34N4O3. The SMILES string of the molecule is COc1ccccc1NC(=O)Nc1cc(C(=O)NCc2ccc(C(C)C)cc2)ccc1N1CCCC1. The van der Waals surface area contributed by atoms with Gasteiger partial charge in [-0.05, 0) is 60.2 Å². The van der Waals surface area contributed by atoms with Crippen LogP contribution in [0, 0.1) is 0 Å². The van der Waals surface area contributed by atoms with Crippen molar-refractivity contribution in [1.82, 2.24) is 5.32 Å². The fourth-order valence-electron chi connectivity index (χ4n) is 4.34. The van der Waals surface area contributed by atoms with Gasteiger partial charge in [0.1, 0.15) is 5.75 Å². The van der Waals surface area contributed by atoms with Crippen LogP contribution >= 0.6 is 0 Å². The number of ether oxygens (including phenoxy) is 1. The predicted octanol–water partition coefficient (Wildman–Crippen LogP) is 5.99. The van der Waals surface area contributed by atoms with Crippen molar-refractivity contribution in [2.24, 2.45) is 0 Å². The van der Waals surface area contributed by atoms with Gasteiger partial charge in [-0.15, -0.1) is 0 Å². The molecule has 0 radical (unpaired) electrons. The normalized spacial score (nSPS) is 12.9. The van der Waals surface area contributed by atoms with E-state index in [1.807, 2.05) is 36.4 Å². The summed E-state index contributed by atoms with van der Waals surface area (Å²) in [7, 11) is 1.56. The highest BCUT2D eigenvalue weighted by Gasteiger charge is 2.19. The van der Waals surface area contributed by atoms with E-state index in [9.17, 15) is 9.59 Å². The molecule has 1 saturated heterocycles. The summed E-state index contributed by atoms with van der Waals surface area (Å²) in [5.74, 6) is 0.847. The number of carbonyl (C=O) groups is 2. The van der Waals surface area contributed by atoms with Gasteiger partial charge in [0.05, 0.1) is 24.2 Å². The molecule has 1 heterocycles. The number of para-hydroxylation sites is 2. The largest absolute Gasteiger partial charge is 0.495 e. The van der Waals surface area contributed by atoms with Crippen molar-refractivity contribution in [1.29, 1.82) is 0 Å². The first-order valence-electron chi connectivity index (χ1n) is 12.4. The molecule has 3 aromatic carbocycles. The number of anilines is 3. The minimum atomic E-state index is -0.400. The van der Waals surface area contributed by atoms with Gasteiger partial charge in [-0.3, -0.25) is 4.79 Å². The summed E-state index contributed by atoms with van der Waals surface area (Å²) >= 11 is 0. The Bertz CT molecular complexity index is 1200. The predicted molar refractivity (Wildman–Crippen MR) is 145 cm³/mol. The van der Waals surface area contributed by atoms with E-state index in [1.165, 1.54) is 5.56 Å². The van der Waals surface area contributed by atoms with Gasteiger partial charge in [0.15, 0.2) is 0 Å². The quantitative estimate of drug-likeness (QED) is 0.365. The van der Waals surface area contributed by atoms with E-state index in [-0.39, 0.29) is 5.91 Å². The maximum atomic E-state index is 13.0. The van der Waals surface area contributed by atoms with Crippen molar-refractivity contribution in [2.75, 3.05) is 35.7 Å². The number of benzene rings is 3. The molecule has 0 bridgehead atoms. The summed E-state index contributed by atoms with van der Waals surface area (Å²) in [6.45, 7) is 6.58. The van der Waals surface area contributed by atoms with Crippen molar-refractivity contribution in [3.8, 4) is 5.75 Å². The molecule has 3 amide bonds. The third-order valence-corrected chi connectivity index (χ3v) is 6.41. The molecule has 0 aliphatic carbocycles. The lowest BCUT2D eigenvalue weighted by Crippen LogP contribution is -2.26. The second-order valence-corrected chi connectivity index (χ2v) is 9.28. The number of urea groups is 1. The second-order valence-electron chi connectivity index (χ2n) is 9.28. The van der Waals surface area contributed by atoms with Crippen LogP contribution in [0.3, 0.4) is 0 Å². The molecule has 4 rings (SSSR count). The molecular weight excluding hydrogens is 452 g/mol. The highest BCUT2D eigenvalue weighted by atomic mass is 16.5. The van der Waals surface area contributed by atoms with Gasteiger partial charge in [0.2, 0.25) is 0 Å². The highest BCUT2D eigenvalue weighted by molar-refractivity contribution is 6.04. The summed E-state index contributed by atoms with van der Waals surface area (Å²) < 4.78 is 5.33. The molecule has 36 heavy (non-hydrogen) atoms. The van der Waals surface area contributed by atoms with Gasteiger partial charge in [-0.2, -0.15) is 0 Å². The van der Waals surface area contributed by atoms with Crippen molar-refractivity contribution in [2.45, 2.75) is 39.2 Å². The minimum Gasteiger partial charge on any atom is -0.495 e. The Hall–Kier alpha value is -4.00. The average molecular weight is 487 g/mol. The summed E-state index contributed by atoms with van der Waals surface area (Å²) in [5, 5.41) is 8.78. The van der Waals surface area contributed by atoms with Gasteiger partial charge < -0.3 is 25.6 Å². The molecule has 1 aliphatic rings. The lowest BCUT2D eigenvalue weighted by Gasteiger charge is -2.22. The molecule has 1 aliphatic heterocycles. The maximum absolute atomic E-state index is 13.0. The lowest BCUT2D eigenvalue weighted by atomic mass is 10.0. The molecule has 7 nitrogen and oxygen atoms in total. The zero-order valence-electron chi connectivity index (χ0n) is 21.1. The van der Waals surface area contributed by atoms with Crippen molar-refractivity contribution in [3.63, 3.8) is 0 Å². The van der Waals surface area contributed by atoms with Crippen LogP contribution in [0.25, 0.3) is 0 Å². The first-order chi connectivity index (χ1) is 17.4. The molecule has 0 aromatic heterocycles. The van der Waals surface area contributed by atoms with E-state index in [1.54, 1.807) is 25.3 Å². The molecule has 1 fully saturated rings. The number of amides is 3. The van der Waals surface area contributed by atoms with Crippen LogP contribution in [-0.2, 0) is 6.54 Å². The van der Waals surface area contributed by atoms with Gasteiger partial charge in [0, 0.05) is 25.2 Å². The lowest BCUT2D eigenvalue weighted by molar-refractivity contribution is 0.0951.